The third-order valence-corrected chi connectivity index (χ3v) is 3.78. The minimum atomic E-state index is -0.139. The molecule has 0 amide bonds. The molecule has 2 aromatic rings. The van der Waals surface area contributed by atoms with E-state index in [-0.39, 0.29) is 5.60 Å². The molecular weight excluding hydrogens is 274 g/mol. The summed E-state index contributed by atoms with van der Waals surface area (Å²) in [4.78, 5) is 4.12. The van der Waals surface area contributed by atoms with E-state index in [0.717, 1.165) is 37.5 Å². The molecule has 4 nitrogen and oxygen atoms in total. The molecule has 0 bridgehead atoms. The molecule has 116 valence electrons. The maximum atomic E-state index is 5.97. The van der Waals surface area contributed by atoms with Crippen LogP contribution in [0.4, 0.5) is 5.69 Å². The van der Waals surface area contributed by atoms with Gasteiger partial charge in [-0.3, -0.25) is 4.98 Å². The first-order valence-corrected chi connectivity index (χ1v) is 7.78. The maximum Gasteiger partial charge on any atom is 0.143 e. The summed E-state index contributed by atoms with van der Waals surface area (Å²) in [5, 5.41) is 6.91. The molecule has 0 aliphatic carbocycles. The van der Waals surface area contributed by atoms with Crippen LogP contribution in [0.15, 0.2) is 42.7 Å². The minimum absolute atomic E-state index is 0.139. The Morgan fingerprint density at radius 2 is 2.18 bits per heavy atom. The van der Waals surface area contributed by atoms with Crippen LogP contribution in [0.3, 0.4) is 0 Å². The van der Waals surface area contributed by atoms with Gasteiger partial charge < -0.3 is 15.4 Å². The van der Waals surface area contributed by atoms with E-state index < -0.39 is 0 Å². The molecule has 0 fully saturated rings. The van der Waals surface area contributed by atoms with Crippen molar-refractivity contribution < 1.29 is 4.74 Å². The zero-order chi connectivity index (χ0) is 15.4. The molecule has 1 aliphatic heterocycles. The number of nitrogens with zero attached hydrogens (tertiary/aromatic N) is 1. The van der Waals surface area contributed by atoms with Gasteiger partial charge in [0.15, 0.2) is 0 Å². The van der Waals surface area contributed by atoms with Crippen LogP contribution in [0.25, 0.3) is 0 Å². The van der Waals surface area contributed by atoms with Gasteiger partial charge in [0, 0.05) is 18.9 Å². The molecule has 22 heavy (non-hydrogen) atoms. The monoisotopic (exact) mass is 297 g/mol. The highest BCUT2D eigenvalue weighted by molar-refractivity contribution is 5.60. The molecule has 0 atom stereocenters. The lowest BCUT2D eigenvalue weighted by Crippen LogP contribution is -2.40. The highest BCUT2D eigenvalue weighted by atomic mass is 16.5. The van der Waals surface area contributed by atoms with E-state index in [1.54, 1.807) is 6.20 Å². The molecular formula is C18H23N3O. The maximum absolute atomic E-state index is 5.97. The molecule has 0 radical (unpaired) electrons. The Labute approximate surface area is 131 Å². The van der Waals surface area contributed by atoms with Crippen molar-refractivity contribution in [2.75, 3.05) is 18.4 Å². The fraction of sp³-hybridized carbons (Fsp3) is 0.389. The second-order valence-corrected chi connectivity index (χ2v) is 6.33. The Morgan fingerprint density at radius 1 is 1.27 bits per heavy atom. The number of anilines is 1. The van der Waals surface area contributed by atoms with E-state index in [1.807, 2.05) is 12.3 Å². The predicted molar refractivity (Wildman–Crippen MR) is 89.3 cm³/mol. The van der Waals surface area contributed by atoms with Gasteiger partial charge in [-0.05, 0) is 56.1 Å². The molecule has 3 rings (SSSR count). The van der Waals surface area contributed by atoms with Crippen LogP contribution in [0, 0.1) is 0 Å². The lowest BCUT2D eigenvalue weighted by molar-refractivity contribution is 0.116. The molecule has 4 heteroatoms. The SMILES string of the molecule is CC1(C)CNc2cc(CCNCc3cccnc3)ccc2O1. The lowest BCUT2D eigenvalue weighted by Gasteiger charge is -2.33. The normalized spacial score (nSPS) is 15.5. The van der Waals surface area contributed by atoms with Crippen LogP contribution in [0.2, 0.25) is 0 Å². The summed E-state index contributed by atoms with van der Waals surface area (Å²) in [6, 6.07) is 10.5. The van der Waals surface area contributed by atoms with Crippen molar-refractivity contribution in [2.45, 2.75) is 32.4 Å². The van der Waals surface area contributed by atoms with Crippen molar-refractivity contribution in [2.24, 2.45) is 0 Å². The van der Waals surface area contributed by atoms with Gasteiger partial charge in [-0.1, -0.05) is 12.1 Å². The summed E-state index contributed by atoms with van der Waals surface area (Å²) in [5.74, 6) is 0.948. The summed E-state index contributed by atoms with van der Waals surface area (Å²) in [6.07, 6.45) is 4.69. The van der Waals surface area contributed by atoms with Gasteiger partial charge in [-0.2, -0.15) is 0 Å². The third kappa shape index (κ3) is 3.77. The van der Waals surface area contributed by atoms with Crippen LogP contribution >= 0.6 is 0 Å². The highest BCUT2D eigenvalue weighted by Gasteiger charge is 2.25. The van der Waals surface area contributed by atoms with Crippen LogP contribution < -0.4 is 15.4 Å². The summed E-state index contributed by atoms with van der Waals surface area (Å²) in [7, 11) is 0. The Bertz CT molecular complexity index is 625. The van der Waals surface area contributed by atoms with E-state index in [4.69, 9.17) is 4.74 Å². The topological polar surface area (TPSA) is 46.2 Å². The van der Waals surface area contributed by atoms with Crippen molar-refractivity contribution in [1.29, 1.82) is 0 Å². The summed E-state index contributed by atoms with van der Waals surface area (Å²) >= 11 is 0. The van der Waals surface area contributed by atoms with Crippen molar-refractivity contribution >= 4 is 5.69 Å². The fourth-order valence-corrected chi connectivity index (χ4v) is 2.57. The van der Waals surface area contributed by atoms with Gasteiger partial charge in [0.2, 0.25) is 0 Å². The Balaban J connectivity index is 1.51. The number of aromatic nitrogens is 1. The molecule has 0 saturated carbocycles. The minimum Gasteiger partial charge on any atom is -0.484 e. The van der Waals surface area contributed by atoms with E-state index in [2.05, 4.69) is 53.7 Å². The summed E-state index contributed by atoms with van der Waals surface area (Å²) in [5.41, 5.74) is 3.49. The number of hydrogen-bond donors (Lipinski definition) is 2. The molecule has 0 unspecified atom stereocenters. The summed E-state index contributed by atoms with van der Waals surface area (Å²) in [6.45, 7) is 6.83. The van der Waals surface area contributed by atoms with Crippen molar-refractivity contribution in [3.05, 3.63) is 53.9 Å². The first kappa shape index (κ1) is 14.9. The van der Waals surface area contributed by atoms with E-state index in [9.17, 15) is 0 Å². The molecule has 2 N–H and O–H groups in total. The van der Waals surface area contributed by atoms with Gasteiger partial charge in [-0.15, -0.1) is 0 Å². The predicted octanol–water partition coefficient (Wildman–Crippen LogP) is 3.00. The van der Waals surface area contributed by atoms with E-state index in [1.165, 1.54) is 11.1 Å². The smallest absolute Gasteiger partial charge is 0.143 e. The number of fused-ring (bicyclic) bond motifs is 1. The van der Waals surface area contributed by atoms with Crippen LogP contribution in [-0.4, -0.2) is 23.7 Å². The third-order valence-electron chi connectivity index (χ3n) is 3.78. The van der Waals surface area contributed by atoms with Gasteiger partial charge >= 0.3 is 0 Å². The number of nitrogens with one attached hydrogen (secondary N) is 2. The van der Waals surface area contributed by atoms with Crippen molar-refractivity contribution in [3.63, 3.8) is 0 Å². The molecule has 1 aromatic heterocycles. The first-order valence-electron chi connectivity index (χ1n) is 7.78. The van der Waals surface area contributed by atoms with Gasteiger partial charge in [0.25, 0.3) is 0 Å². The number of ether oxygens (including phenoxy) is 1. The molecule has 1 aliphatic rings. The standard InChI is InChI=1S/C18H23N3O/c1-18(2)13-21-16-10-14(5-6-17(16)22-18)7-9-20-12-15-4-3-8-19-11-15/h3-6,8,10-11,20-21H,7,9,12-13H2,1-2H3. The largest absolute Gasteiger partial charge is 0.484 e. The second-order valence-electron chi connectivity index (χ2n) is 6.33. The zero-order valence-corrected chi connectivity index (χ0v) is 13.2. The number of pyridine rings is 1. The molecule has 0 saturated heterocycles. The van der Waals surface area contributed by atoms with Crippen molar-refractivity contribution in [3.8, 4) is 5.75 Å². The van der Waals surface area contributed by atoms with Crippen LogP contribution in [0.1, 0.15) is 25.0 Å². The average molecular weight is 297 g/mol. The summed E-state index contributed by atoms with van der Waals surface area (Å²) < 4.78 is 5.97. The number of hydrogen-bond acceptors (Lipinski definition) is 4. The molecule has 2 heterocycles. The van der Waals surface area contributed by atoms with Crippen LogP contribution in [0.5, 0.6) is 5.75 Å². The Morgan fingerprint density at radius 3 is 3.00 bits per heavy atom. The van der Waals surface area contributed by atoms with Crippen LogP contribution in [-0.2, 0) is 13.0 Å². The quantitative estimate of drug-likeness (QED) is 0.833. The Kier molecular flexibility index (Phi) is 4.29. The number of benzene rings is 1. The molecule has 0 spiro atoms. The first-order chi connectivity index (χ1) is 10.6. The number of rotatable bonds is 5. The average Bonchev–Trinajstić information content (AvgIpc) is 2.52. The van der Waals surface area contributed by atoms with Gasteiger partial charge in [0.1, 0.15) is 11.4 Å². The second kappa shape index (κ2) is 6.36. The van der Waals surface area contributed by atoms with Gasteiger partial charge in [-0.25, -0.2) is 0 Å². The lowest BCUT2D eigenvalue weighted by atomic mass is 10.0. The van der Waals surface area contributed by atoms with Crippen molar-refractivity contribution in [1.82, 2.24) is 10.3 Å². The fourth-order valence-electron chi connectivity index (χ4n) is 2.57. The Hall–Kier alpha value is -2.07. The van der Waals surface area contributed by atoms with Gasteiger partial charge in [0.05, 0.1) is 12.2 Å². The highest BCUT2D eigenvalue weighted by Crippen LogP contribution is 2.33. The van der Waals surface area contributed by atoms with E-state index >= 15 is 0 Å². The molecule has 1 aromatic carbocycles. The van der Waals surface area contributed by atoms with E-state index in [0.29, 0.717) is 0 Å². The zero-order valence-electron chi connectivity index (χ0n) is 13.2.